The monoisotopic (exact) mass is 495 g/mol. The molecule has 2 aromatic rings. The van der Waals surface area contributed by atoms with Crippen LogP contribution in [0, 0.1) is 11.3 Å². The molecule has 0 unspecified atom stereocenters. The molecule has 9 nitrogen and oxygen atoms in total. The number of amides is 3. The average Bonchev–Trinajstić information content (AvgIpc) is 2.87. The minimum absolute atomic E-state index is 0.268. The summed E-state index contributed by atoms with van der Waals surface area (Å²) in [6.07, 6.45) is 1.48. The Hall–Kier alpha value is -3.68. The standard InChI is InChI=1S/C25H29N5O4S/c1-28-24(33)23(32)19(11-7-8-14-26)29-22(31)16-30(2)25(34)18-10-4-6-13-21(18)35-20-12-5-3-9-17(20)15-27/h3-6,9-10,12-13,19H,7-8,11,14,16,26H2,1-2H3,(H,28,33)(H,29,31)/t19-/m1/s1. The number of nitrogens with zero attached hydrogens (tertiary/aromatic N) is 2. The Kier molecular flexibility index (Phi) is 10.9. The van der Waals surface area contributed by atoms with Crippen LogP contribution in [0.25, 0.3) is 0 Å². The number of hydrogen-bond donors (Lipinski definition) is 3. The molecule has 0 aliphatic heterocycles. The fraction of sp³-hybridized carbons (Fsp3) is 0.320. The summed E-state index contributed by atoms with van der Waals surface area (Å²) in [7, 11) is 2.83. The highest BCUT2D eigenvalue weighted by molar-refractivity contribution is 7.99. The number of ketones is 1. The predicted octanol–water partition coefficient (Wildman–Crippen LogP) is 1.71. The molecule has 10 heteroatoms. The lowest BCUT2D eigenvalue weighted by Crippen LogP contribution is -2.49. The summed E-state index contributed by atoms with van der Waals surface area (Å²) in [6.45, 7) is 0.128. The first-order chi connectivity index (χ1) is 16.8. The summed E-state index contributed by atoms with van der Waals surface area (Å²) >= 11 is 1.29. The summed E-state index contributed by atoms with van der Waals surface area (Å²) in [5.74, 6) is -2.49. The Balaban J connectivity index is 2.12. The van der Waals surface area contributed by atoms with Gasteiger partial charge in [0.25, 0.3) is 11.8 Å². The highest BCUT2D eigenvalue weighted by Gasteiger charge is 2.27. The summed E-state index contributed by atoms with van der Waals surface area (Å²) in [5.41, 5.74) is 6.37. The zero-order valence-electron chi connectivity index (χ0n) is 19.7. The van der Waals surface area contributed by atoms with E-state index in [0.717, 1.165) is 0 Å². The van der Waals surface area contributed by atoms with Gasteiger partial charge in [0.2, 0.25) is 11.7 Å². The number of nitrogens with one attached hydrogen (secondary N) is 2. The Morgan fingerprint density at radius 2 is 1.71 bits per heavy atom. The van der Waals surface area contributed by atoms with Crippen LogP contribution in [-0.2, 0) is 14.4 Å². The van der Waals surface area contributed by atoms with Crippen molar-refractivity contribution in [3.63, 3.8) is 0 Å². The lowest BCUT2D eigenvalue weighted by Gasteiger charge is -2.21. The predicted molar refractivity (Wildman–Crippen MR) is 133 cm³/mol. The maximum Gasteiger partial charge on any atom is 0.289 e. The largest absolute Gasteiger partial charge is 0.353 e. The zero-order chi connectivity index (χ0) is 25.8. The van der Waals surface area contributed by atoms with Gasteiger partial charge in [-0.3, -0.25) is 19.2 Å². The van der Waals surface area contributed by atoms with E-state index in [9.17, 15) is 24.4 Å². The quantitative estimate of drug-likeness (QED) is 0.300. The maximum absolute atomic E-state index is 13.2. The normalized spacial score (nSPS) is 11.1. The van der Waals surface area contributed by atoms with Crippen LogP contribution in [0.4, 0.5) is 0 Å². The first-order valence-electron chi connectivity index (χ1n) is 11.1. The number of benzene rings is 2. The number of carbonyl (C=O) groups excluding carboxylic acids is 4. The maximum atomic E-state index is 13.2. The van der Waals surface area contributed by atoms with Gasteiger partial charge in [-0.1, -0.05) is 36.0 Å². The molecule has 0 saturated carbocycles. The summed E-state index contributed by atoms with van der Waals surface area (Å²) in [5, 5.41) is 14.2. The van der Waals surface area contributed by atoms with Crippen LogP contribution in [0.3, 0.4) is 0 Å². The van der Waals surface area contributed by atoms with Gasteiger partial charge >= 0.3 is 0 Å². The molecule has 0 aliphatic rings. The highest BCUT2D eigenvalue weighted by Crippen LogP contribution is 2.33. The number of unbranched alkanes of at least 4 members (excludes halogenated alkanes) is 1. The second-order valence-electron chi connectivity index (χ2n) is 7.72. The van der Waals surface area contributed by atoms with E-state index < -0.39 is 29.5 Å². The molecule has 0 spiro atoms. The van der Waals surface area contributed by atoms with E-state index in [4.69, 9.17) is 5.73 Å². The number of nitrogens with two attached hydrogens (primary N) is 1. The molecule has 0 fully saturated rings. The number of hydrogen-bond acceptors (Lipinski definition) is 7. The van der Waals surface area contributed by atoms with Gasteiger partial charge in [-0.2, -0.15) is 5.26 Å². The van der Waals surface area contributed by atoms with Crippen LogP contribution >= 0.6 is 11.8 Å². The first kappa shape index (κ1) is 27.6. The second-order valence-corrected chi connectivity index (χ2v) is 8.80. The molecule has 0 bridgehead atoms. The summed E-state index contributed by atoms with van der Waals surface area (Å²) in [6, 6.07) is 15.2. The molecule has 4 N–H and O–H groups in total. The van der Waals surface area contributed by atoms with Gasteiger partial charge in [-0.05, 0) is 50.1 Å². The molecule has 0 radical (unpaired) electrons. The average molecular weight is 496 g/mol. The van der Waals surface area contributed by atoms with Crippen molar-refractivity contribution >= 4 is 35.3 Å². The topological polar surface area (TPSA) is 145 Å². The molecule has 1 atom stereocenters. The van der Waals surface area contributed by atoms with Crippen molar-refractivity contribution in [1.29, 1.82) is 5.26 Å². The van der Waals surface area contributed by atoms with Gasteiger partial charge in [0.05, 0.1) is 23.7 Å². The van der Waals surface area contributed by atoms with Crippen molar-refractivity contribution in [2.75, 3.05) is 27.2 Å². The molecule has 2 rings (SSSR count). The van der Waals surface area contributed by atoms with E-state index in [1.54, 1.807) is 42.5 Å². The minimum atomic E-state index is -0.997. The third-order valence-corrected chi connectivity index (χ3v) is 6.27. The molecular weight excluding hydrogens is 466 g/mol. The van der Waals surface area contributed by atoms with Crippen LogP contribution in [0.1, 0.15) is 35.2 Å². The van der Waals surface area contributed by atoms with Gasteiger partial charge in [-0.25, -0.2) is 0 Å². The molecule has 184 valence electrons. The molecule has 0 saturated heterocycles. The minimum Gasteiger partial charge on any atom is -0.353 e. The number of carbonyl (C=O) groups is 4. The molecule has 0 aromatic heterocycles. The van der Waals surface area contributed by atoms with E-state index >= 15 is 0 Å². The van der Waals surface area contributed by atoms with Crippen LogP contribution in [0.15, 0.2) is 58.3 Å². The van der Waals surface area contributed by atoms with Crippen LogP contribution in [0.2, 0.25) is 0 Å². The first-order valence-corrected chi connectivity index (χ1v) is 11.9. The summed E-state index contributed by atoms with van der Waals surface area (Å²) in [4.78, 5) is 52.5. The Labute approximate surface area is 209 Å². The number of likely N-dealkylation sites (N-methyl/N-ethyl adjacent to an activating group) is 2. The van der Waals surface area contributed by atoms with Crippen LogP contribution in [-0.4, -0.2) is 61.6 Å². The smallest absolute Gasteiger partial charge is 0.289 e. The van der Waals surface area contributed by atoms with Crippen LogP contribution < -0.4 is 16.4 Å². The molecule has 2 aromatic carbocycles. The van der Waals surface area contributed by atoms with Gasteiger partial charge in [0.1, 0.15) is 6.07 Å². The van der Waals surface area contributed by atoms with E-state index in [-0.39, 0.29) is 13.0 Å². The van der Waals surface area contributed by atoms with Crippen molar-refractivity contribution in [2.45, 2.75) is 35.1 Å². The molecule has 0 heterocycles. The fourth-order valence-electron chi connectivity index (χ4n) is 3.27. The number of rotatable bonds is 12. The highest BCUT2D eigenvalue weighted by atomic mass is 32.2. The van der Waals surface area contributed by atoms with Crippen molar-refractivity contribution in [3.05, 3.63) is 59.7 Å². The van der Waals surface area contributed by atoms with E-state index in [1.807, 2.05) is 6.07 Å². The van der Waals surface area contributed by atoms with Crippen molar-refractivity contribution in [1.82, 2.24) is 15.5 Å². The Morgan fingerprint density at radius 3 is 2.37 bits per heavy atom. The Bertz CT molecular complexity index is 1120. The number of Topliss-reactive ketones (excluding diaryl/α,β-unsaturated/α-hetero) is 1. The fourth-order valence-corrected chi connectivity index (χ4v) is 4.29. The van der Waals surface area contributed by atoms with Crippen molar-refractivity contribution in [3.8, 4) is 6.07 Å². The molecule has 35 heavy (non-hydrogen) atoms. The molecular formula is C25H29N5O4S. The van der Waals surface area contributed by atoms with E-state index in [0.29, 0.717) is 40.3 Å². The van der Waals surface area contributed by atoms with Gasteiger partial charge in [0, 0.05) is 23.9 Å². The van der Waals surface area contributed by atoms with Gasteiger partial charge < -0.3 is 21.3 Å². The van der Waals surface area contributed by atoms with Gasteiger partial charge in [0.15, 0.2) is 0 Å². The third-order valence-electron chi connectivity index (χ3n) is 5.12. The third kappa shape index (κ3) is 7.95. The zero-order valence-corrected chi connectivity index (χ0v) is 20.6. The van der Waals surface area contributed by atoms with E-state index in [1.165, 1.54) is 30.8 Å². The summed E-state index contributed by atoms with van der Waals surface area (Å²) < 4.78 is 0. The van der Waals surface area contributed by atoms with Gasteiger partial charge in [-0.15, -0.1) is 0 Å². The van der Waals surface area contributed by atoms with Crippen molar-refractivity contribution in [2.24, 2.45) is 5.73 Å². The Morgan fingerprint density at radius 1 is 1.06 bits per heavy atom. The van der Waals surface area contributed by atoms with Crippen molar-refractivity contribution < 1.29 is 19.2 Å². The lowest BCUT2D eigenvalue weighted by atomic mass is 10.0. The number of nitriles is 1. The second kappa shape index (κ2) is 13.9. The van der Waals surface area contributed by atoms with E-state index in [2.05, 4.69) is 16.7 Å². The molecule has 3 amide bonds. The lowest BCUT2D eigenvalue weighted by molar-refractivity contribution is -0.140. The SMILES string of the molecule is CNC(=O)C(=O)[C@@H](CCCCN)NC(=O)CN(C)C(=O)c1ccccc1Sc1ccccc1C#N. The molecule has 0 aliphatic carbocycles. The van der Waals surface area contributed by atoms with Crippen LogP contribution in [0.5, 0.6) is 0 Å².